The van der Waals surface area contributed by atoms with Gasteiger partial charge in [-0.1, -0.05) is 20.3 Å². The molecule has 0 saturated carbocycles. The Kier molecular flexibility index (Phi) is 19.8. The zero-order chi connectivity index (χ0) is 31.9. The Hall–Kier alpha value is -3.75. The molecule has 0 saturated heterocycles. The van der Waals surface area contributed by atoms with Gasteiger partial charge in [-0.3, -0.25) is 29.2 Å². The van der Waals surface area contributed by atoms with Crippen molar-refractivity contribution >= 4 is 35.2 Å². The van der Waals surface area contributed by atoms with Crippen LogP contribution in [-0.4, -0.2) is 86.8 Å². The van der Waals surface area contributed by atoms with Crippen LogP contribution in [0.1, 0.15) is 69.2 Å². The van der Waals surface area contributed by atoms with Crippen molar-refractivity contribution in [3.63, 3.8) is 0 Å². The standard InChI is InChI=1S/C29H48N6O8/c1-3-21(2)13-15-31-23-9-7-22(8-10-23)29(40)34-24(28(30)39)6-4-5-14-32-27(38)20-43-19-18-42-17-16-33-25(36)11-12-26(37)35-41/h7-10,21,24,31,41H,3-6,11-20H2,1-2H3,(H2,30,39)(H,32,38)(H,33,36)(H,34,40)(H,35,37). The van der Waals surface area contributed by atoms with E-state index in [0.29, 0.717) is 37.3 Å². The van der Waals surface area contributed by atoms with E-state index in [1.807, 2.05) is 12.1 Å². The van der Waals surface area contributed by atoms with Gasteiger partial charge in [0.1, 0.15) is 12.6 Å². The molecule has 0 aliphatic carbocycles. The van der Waals surface area contributed by atoms with E-state index in [1.165, 1.54) is 5.48 Å². The summed E-state index contributed by atoms with van der Waals surface area (Å²) in [7, 11) is 0. The van der Waals surface area contributed by atoms with Crippen LogP contribution in [0, 0.1) is 5.92 Å². The normalized spacial score (nSPS) is 12.1. The van der Waals surface area contributed by atoms with Crippen molar-refractivity contribution in [3.05, 3.63) is 29.8 Å². The smallest absolute Gasteiger partial charge is 0.251 e. The van der Waals surface area contributed by atoms with Gasteiger partial charge in [0.25, 0.3) is 5.91 Å². The van der Waals surface area contributed by atoms with E-state index in [2.05, 4.69) is 35.1 Å². The first-order valence-corrected chi connectivity index (χ1v) is 14.7. The number of primary amides is 1. The van der Waals surface area contributed by atoms with E-state index in [0.717, 1.165) is 25.1 Å². The van der Waals surface area contributed by atoms with E-state index in [-0.39, 0.29) is 63.5 Å². The maximum Gasteiger partial charge on any atom is 0.251 e. The van der Waals surface area contributed by atoms with E-state index in [9.17, 15) is 24.0 Å². The molecular formula is C29H48N6O8. The molecule has 0 heterocycles. The summed E-state index contributed by atoms with van der Waals surface area (Å²) in [5.74, 6) is -1.61. The second kappa shape index (κ2) is 22.8. The maximum atomic E-state index is 12.6. The lowest BCUT2D eigenvalue weighted by atomic mass is 10.1. The van der Waals surface area contributed by atoms with E-state index < -0.39 is 17.9 Å². The second-order valence-electron chi connectivity index (χ2n) is 10.1. The number of amides is 5. The van der Waals surface area contributed by atoms with Crippen LogP contribution >= 0.6 is 0 Å². The van der Waals surface area contributed by atoms with Gasteiger partial charge in [-0.25, -0.2) is 5.48 Å². The number of unbranched alkanes of at least 4 members (excludes halogenated alkanes) is 1. The number of benzene rings is 1. The molecule has 2 atom stereocenters. The number of anilines is 1. The van der Waals surface area contributed by atoms with Crippen molar-refractivity contribution in [2.24, 2.45) is 11.7 Å². The van der Waals surface area contributed by atoms with Crippen molar-refractivity contribution in [3.8, 4) is 0 Å². The quantitative estimate of drug-likeness (QED) is 0.0503. The third-order valence-corrected chi connectivity index (χ3v) is 6.58. The summed E-state index contributed by atoms with van der Waals surface area (Å²) in [6.45, 7) is 6.39. The van der Waals surface area contributed by atoms with E-state index in [1.54, 1.807) is 12.1 Å². The molecule has 1 rings (SSSR count). The Morgan fingerprint density at radius 2 is 1.51 bits per heavy atom. The predicted octanol–water partition coefficient (Wildman–Crippen LogP) is 0.840. The minimum Gasteiger partial charge on any atom is -0.385 e. The van der Waals surface area contributed by atoms with Crippen molar-refractivity contribution in [1.29, 1.82) is 0 Å². The van der Waals surface area contributed by atoms with Gasteiger partial charge in [0.05, 0.1) is 19.8 Å². The molecule has 1 aromatic carbocycles. The number of hydroxylamine groups is 1. The number of ether oxygens (including phenoxy) is 2. The maximum absolute atomic E-state index is 12.6. The number of hydrogen-bond acceptors (Lipinski definition) is 9. The highest BCUT2D eigenvalue weighted by atomic mass is 16.5. The Bertz CT molecular complexity index is 992. The zero-order valence-electron chi connectivity index (χ0n) is 25.2. The summed E-state index contributed by atoms with van der Waals surface area (Å²) in [4.78, 5) is 58.7. The van der Waals surface area contributed by atoms with Crippen LogP contribution < -0.4 is 32.5 Å². The number of rotatable bonds is 24. The second-order valence-corrected chi connectivity index (χ2v) is 10.1. The van der Waals surface area contributed by atoms with Crippen LogP contribution in [0.15, 0.2) is 24.3 Å². The third-order valence-electron chi connectivity index (χ3n) is 6.58. The van der Waals surface area contributed by atoms with Gasteiger partial charge >= 0.3 is 0 Å². The van der Waals surface area contributed by atoms with Crippen molar-refractivity contribution in [1.82, 2.24) is 21.4 Å². The molecule has 2 unspecified atom stereocenters. The van der Waals surface area contributed by atoms with Crippen LogP contribution in [0.25, 0.3) is 0 Å². The fourth-order valence-corrected chi connectivity index (χ4v) is 3.70. The van der Waals surface area contributed by atoms with Crippen LogP contribution in [0.3, 0.4) is 0 Å². The van der Waals surface area contributed by atoms with Gasteiger partial charge in [-0.15, -0.1) is 0 Å². The molecule has 0 aliphatic heterocycles. The summed E-state index contributed by atoms with van der Waals surface area (Å²) >= 11 is 0. The van der Waals surface area contributed by atoms with E-state index in [4.69, 9.17) is 20.4 Å². The minimum atomic E-state index is -0.819. The molecule has 0 bridgehead atoms. The van der Waals surface area contributed by atoms with Crippen LogP contribution in [0.4, 0.5) is 5.69 Å². The molecule has 43 heavy (non-hydrogen) atoms. The van der Waals surface area contributed by atoms with Crippen molar-refractivity contribution in [2.45, 2.75) is 64.8 Å². The molecule has 0 fully saturated rings. The van der Waals surface area contributed by atoms with Crippen molar-refractivity contribution < 1.29 is 38.7 Å². The molecule has 1 aromatic rings. The Labute approximate surface area is 253 Å². The number of hydrogen-bond donors (Lipinski definition) is 7. The summed E-state index contributed by atoms with van der Waals surface area (Å²) in [6, 6.07) is 6.26. The number of carbonyl (C=O) groups is 5. The Morgan fingerprint density at radius 1 is 0.837 bits per heavy atom. The Balaban J connectivity index is 2.14. The van der Waals surface area contributed by atoms with E-state index >= 15 is 0 Å². The molecule has 0 radical (unpaired) electrons. The van der Waals surface area contributed by atoms with Crippen LogP contribution in [-0.2, 0) is 28.7 Å². The first-order chi connectivity index (χ1) is 20.7. The van der Waals surface area contributed by atoms with Gasteiger partial charge in [-0.05, 0) is 55.9 Å². The predicted molar refractivity (Wildman–Crippen MR) is 160 cm³/mol. The average Bonchev–Trinajstić information content (AvgIpc) is 3.00. The number of carbonyl (C=O) groups excluding carboxylic acids is 5. The lowest BCUT2D eigenvalue weighted by Gasteiger charge is -2.16. The molecular weight excluding hydrogens is 560 g/mol. The van der Waals surface area contributed by atoms with Crippen LogP contribution in [0.2, 0.25) is 0 Å². The van der Waals surface area contributed by atoms with Gasteiger partial charge in [0.2, 0.25) is 23.6 Å². The molecule has 8 N–H and O–H groups in total. The molecule has 0 aromatic heterocycles. The monoisotopic (exact) mass is 608 g/mol. The fourth-order valence-electron chi connectivity index (χ4n) is 3.70. The van der Waals surface area contributed by atoms with Gasteiger partial charge in [0, 0.05) is 43.7 Å². The molecule has 14 heteroatoms. The highest BCUT2D eigenvalue weighted by Crippen LogP contribution is 2.12. The average molecular weight is 609 g/mol. The number of nitrogens with one attached hydrogen (secondary N) is 5. The fraction of sp³-hybridized carbons (Fsp3) is 0.621. The molecule has 0 aliphatic rings. The highest BCUT2D eigenvalue weighted by molar-refractivity contribution is 5.97. The first kappa shape index (κ1) is 37.3. The minimum absolute atomic E-state index is 0.0426. The van der Waals surface area contributed by atoms with Gasteiger partial charge in [-0.2, -0.15) is 0 Å². The Morgan fingerprint density at radius 3 is 2.19 bits per heavy atom. The highest BCUT2D eigenvalue weighted by Gasteiger charge is 2.18. The topological polar surface area (TPSA) is 210 Å². The number of nitrogens with two attached hydrogens (primary N) is 1. The van der Waals surface area contributed by atoms with Crippen LogP contribution in [0.5, 0.6) is 0 Å². The molecule has 242 valence electrons. The summed E-state index contributed by atoms with van der Waals surface area (Å²) in [6.07, 6.45) is 3.54. The summed E-state index contributed by atoms with van der Waals surface area (Å²) < 4.78 is 10.5. The SMILES string of the molecule is CCC(C)CCNc1ccc(C(=O)NC(CCCCNC(=O)COCCOCCNC(=O)CCC(=O)NO)C(N)=O)cc1. The third kappa shape index (κ3) is 18.4. The molecule has 0 spiro atoms. The summed E-state index contributed by atoms with van der Waals surface area (Å²) in [5.41, 5.74) is 8.30. The van der Waals surface area contributed by atoms with Gasteiger partial charge in [0.15, 0.2) is 0 Å². The van der Waals surface area contributed by atoms with Crippen molar-refractivity contribution in [2.75, 3.05) is 51.4 Å². The van der Waals surface area contributed by atoms with Gasteiger partial charge < -0.3 is 36.5 Å². The molecule has 5 amide bonds. The molecule has 14 nitrogen and oxygen atoms in total. The lowest BCUT2D eigenvalue weighted by molar-refractivity contribution is -0.131. The first-order valence-electron chi connectivity index (χ1n) is 14.7. The summed E-state index contributed by atoms with van der Waals surface area (Å²) in [5, 5.41) is 19.7. The zero-order valence-corrected chi connectivity index (χ0v) is 25.2. The lowest BCUT2D eigenvalue weighted by Crippen LogP contribution is -2.44. The largest absolute Gasteiger partial charge is 0.385 e.